The average Bonchev–Trinajstić information content (AvgIpc) is 3.29. The number of ether oxygens (including phenoxy) is 2. The Morgan fingerprint density at radius 1 is 1.42 bits per heavy atom. The van der Waals surface area contributed by atoms with Crippen molar-refractivity contribution in [1.82, 2.24) is 14.4 Å². The molecule has 0 bridgehead atoms. The summed E-state index contributed by atoms with van der Waals surface area (Å²) < 4.78 is 13.2. The second-order valence-electron chi connectivity index (χ2n) is 6.24. The summed E-state index contributed by atoms with van der Waals surface area (Å²) in [7, 11) is 0. The second kappa shape index (κ2) is 7.21. The number of nitrogens with one attached hydrogen (secondary N) is 1. The first-order valence-electron chi connectivity index (χ1n) is 8.90. The third-order valence-corrected chi connectivity index (χ3v) is 4.48. The van der Waals surface area contributed by atoms with Gasteiger partial charge in [0.15, 0.2) is 17.1 Å². The highest BCUT2D eigenvalue weighted by Gasteiger charge is 2.19. The standard InChI is InChI=1S/C19H22N4O3/c1-2-25-16-10-13(5-6-15(16)24)18-19(21-11-14-4-3-9-26-14)23-8-7-20-12-17(23)22-18/h5-8,10,12,14,21,24H,2-4,9,11H2,1H3/t14-/m0/s1. The summed E-state index contributed by atoms with van der Waals surface area (Å²) in [5.74, 6) is 1.45. The molecule has 0 unspecified atom stereocenters. The molecule has 136 valence electrons. The molecule has 0 aliphatic carbocycles. The fourth-order valence-corrected chi connectivity index (χ4v) is 3.23. The van der Waals surface area contributed by atoms with Crippen molar-refractivity contribution in [2.24, 2.45) is 0 Å². The molecule has 0 spiro atoms. The van der Waals surface area contributed by atoms with E-state index in [1.807, 2.05) is 29.7 Å². The van der Waals surface area contributed by atoms with Gasteiger partial charge in [-0.25, -0.2) is 4.98 Å². The topological polar surface area (TPSA) is 80.9 Å². The Kier molecular flexibility index (Phi) is 4.62. The summed E-state index contributed by atoms with van der Waals surface area (Å²) in [5, 5.41) is 13.5. The molecule has 0 radical (unpaired) electrons. The van der Waals surface area contributed by atoms with E-state index in [0.717, 1.165) is 48.7 Å². The van der Waals surface area contributed by atoms with Gasteiger partial charge in [-0.15, -0.1) is 0 Å². The Labute approximate surface area is 151 Å². The Morgan fingerprint density at radius 2 is 2.35 bits per heavy atom. The quantitative estimate of drug-likeness (QED) is 0.708. The van der Waals surface area contributed by atoms with Gasteiger partial charge < -0.3 is 19.9 Å². The lowest BCUT2D eigenvalue weighted by molar-refractivity contribution is 0.120. The summed E-state index contributed by atoms with van der Waals surface area (Å²) in [5.41, 5.74) is 2.41. The molecule has 3 heterocycles. The van der Waals surface area contributed by atoms with Crippen LogP contribution in [0, 0.1) is 0 Å². The smallest absolute Gasteiger partial charge is 0.161 e. The molecule has 7 heteroatoms. The largest absolute Gasteiger partial charge is 0.504 e. The number of hydrogen-bond donors (Lipinski definition) is 2. The van der Waals surface area contributed by atoms with Crippen LogP contribution in [-0.2, 0) is 4.74 Å². The van der Waals surface area contributed by atoms with Crippen LogP contribution in [0.1, 0.15) is 19.8 Å². The third-order valence-electron chi connectivity index (χ3n) is 4.48. The zero-order chi connectivity index (χ0) is 17.9. The van der Waals surface area contributed by atoms with Crippen LogP contribution >= 0.6 is 0 Å². The lowest BCUT2D eigenvalue weighted by atomic mass is 10.1. The maximum atomic E-state index is 9.98. The van der Waals surface area contributed by atoms with E-state index < -0.39 is 0 Å². The number of phenols is 1. The Bertz CT molecular complexity index is 903. The molecule has 26 heavy (non-hydrogen) atoms. The number of hydrogen-bond acceptors (Lipinski definition) is 6. The molecule has 1 aliphatic rings. The predicted molar refractivity (Wildman–Crippen MR) is 98.7 cm³/mol. The number of rotatable bonds is 6. The number of imidazole rings is 1. The highest BCUT2D eigenvalue weighted by molar-refractivity contribution is 5.77. The highest BCUT2D eigenvalue weighted by Crippen LogP contribution is 2.35. The van der Waals surface area contributed by atoms with E-state index in [9.17, 15) is 5.11 Å². The number of phenolic OH excluding ortho intramolecular Hbond substituents is 1. The molecule has 0 amide bonds. The van der Waals surface area contributed by atoms with Crippen LogP contribution in [0.3, 0.4) is 0 Å². The first kappa shape index (κ1) is 16.7. The maximum absolute atomic E-state index is 9.98. The molecule has 2 N–H and O–H groups in total. The van der Waals surface area contributed by atoms with Crippen LogP contribution in [0.2, 0.25) is 0 Å². The van der Waals surface area contributed by atoms with Gasteiger partial charge in [0.25, 0.3) is 0 Å². The second-order valence-corrected chi connectivity index (χ2v) is 6.24. The van der Waals surface area contributed by atoms with Crippen molar-refractivity contribution < 1.29 is 14.6 Å². The van der Waals surface area contributed by atoms with Gasteiger partial charge >= 0.3 is 0 Å². The van der Waals surface area contributed by atoms with E-state index in [1.165, 1.54) is 0 Å². The molecule has 1 saturated heterocycles. The minimum Gasteiger partial charge on any atom is -0.504 e. The zero-order valence-electron chi connectivity index (χ0n) is 14.7. The number of aromatic hydroxyl groups is 1. The molecule has 1 aromatic carbocycles. The molecular weight excluding hydrogens is 332 g/mol. The lowest BCUT2D eigenvalue weighted by Gasteiger charge is -2.13. The first-order chi connectivity index (χ1) is 12.8. The number of aromatic nitrogens is 3. The van der Waals surface area contributed by atoms with Crippen LogP contribution in [0.15, 0.2) is 36.8 Å². The van der Waals surface area contributed by atoms with E-state index in [2.05, 4.69) is 10.3 Å². The van der Waals surface area contributed by atoms with E-state index in [-0.39, 0.29) is 11.9 Å². The van der Waals surface area contributed by atoms with Crippen LogP contribution < -0.4 is 10.1 Å². The zero-order valence-corrected chi connectivity index (χ0v) is 14.7. The molecule has 7 nitrogen and oxygen atoms in total. The van der Waals surface area contributed by atoms with Crippen molar-refractivity contribution in [2.45, 2.75) is 25.9 Å². The van der Waals surface area contributed by atoms with Crippen LogP contribution in [0.4, 0.5) is 5.82 Å². The van der Waals surface area contributed by atoms with Gasteiger partial charge in [-0.1, -0.05) is 0 Å². The van der Waals surface area contributed by atoms with Crippen molar-refractivity contribution >= 4 is 11.5 Å². The molecule has 0 saturated carbocycles. The summed E-state index contributed by atoms with van der Waals surface area (Å²) in [6, 6.07) is 5.28. The molecule has 3 aromatic rings. The average molecular weight is 354 g/mol. The van der Waals surface area contributed by atoms with Crippen LogP contribution in [0.5, 0.6) is 11.5 Å². The van der Waals surface area contributed by atoms with E-state index in [4.69, 9.17) is 14.5 Å². The maximum Gasteiger partial charge on any atom is 0.161 e. The first-order valence-corrected chi connectivity index (χ1v) is 8.90. The van der Waals surface area contributed by atoms with Gasteiger partial charge in [0.05, 0.1) is 18.9 Å². The van der Waals surface area contributed by atoms with Gasteiger partial charge in [-0.05, 0) is 38.0 Å². The molecular formula is C19H22N4O3. The van der Waals surface area contributed by atoms with Crippen molar-refractivity contribution in [3.63, 3.8) is 0 Å². The van der Waals surface area contributed by atoms with Crippen molar-refractivity contribution in [2.75, 3.05) is 25.1 Å². The molecule has 4 rings (SSSR count). The van der Waals surface area contributed by atoms with Gasteiger partial charge in [0.2, 0.25) is 0 Å². The van der Waals surface area contributed by atoms with Gasteiger partial charge in [0, 0.05) is 31.1 Å². The lowest BCUT2D eigenvalue weighted by Crippen LogP contribution is -2.19. The molecule has 1 aliphatic heterocycles. The summed E-state index contributed by atoms with van der Waals surface area (Å²) >= 11 is 0. The fraction of sp³-hybridized carbons (Fsp3) is 0.368. The number of benzene rings is 1. The molecule has 2 aromatic heterocycles. The Hall–Kier alpha value is -2.80. The normalized spacial score (nSPS) is 16.9. The van der Waals surface area contributed by atoms with Crippen molar-refractivity contribution in [1.29, 1.82) is 0 Å². The van der Waals surface area contributed by atoms with Crippen LogP contribution in [-0.4, -0.2) is 45.3 Å². The number of nitrogens with zero attached hydrogens (tertiary/aromatic N) is 3. The minimum absolute atomic E-state index is 0.120. The third kappa shape index (κ3) is 3.17. The molecule has 1 atom stereocenters. The minimum atomic E-state index is 0.120. The van der Waals surface area contributed by atoms with Gasteiger partial charge in [-0.3, -0.25) is 9.38 Å². The summed E-state index contributed by atoms with van der Waals surface area (Å²) in [6.07, 6.45) is 7.73. The number of anilines is 1. The number of fused-ring (bicyclic) bond motifs is 1. The van der Waals surface area contributed by atoms with Crippen LogP contribution in [0.25, 0.3) is 16.9 Å². The Morgan fingerprint density at radius 3 is 3.15 bits per heavy atom. The fourth-order valence-electron chi connectivity index (χ4n) is 3.23. The van der Waals surface area contributed by atoms with E-state index in [1.54, 1.807) is 18.5 Å². The highest BCUT2D eigenvalue weighted by atomic mass is 16.5. The van der Waals surface area contributed by atoms with Gasteiger partial charge in [-0.2, -0.15) is 0 Å². The van der Waals surface area contributed by atoms with Gasteiger partial charge in [0.1, 0.15) is 11.5 Å². The van der Waals surface area contributed by atoms with Crippen molar-refractivity contribution in [3.05, 3.63) is 36.8 Å². The SMILES string of the molecule is CCOc1cc(-c2nc3cnccn3c2NC[C@@H]2CCCO2)ccc1O. The summed E-state index contributed by atoms with van der Waals surface area (Å²) in [6.45, 7) is 3.92. The Balaban J connectivity index is 1.73. The van der Waals surface area contributed by atoms with Crippen molar-refractivity contribution in [3.8, 4) is 22.8 Å². The van der Waals surface area contributed by atoms with E-state index in [0.29, 0.717) is 12.4 Å². The summed E-state index contributed by atoms with van der Waals surface area (Å²) in [4.78, 5) is 8.88. The monoisotopic (exact) mass is 354 g/mol. The molecule has 1 fully saturated rings. The predicted octanol–water partition coefficient (Wildman–Crippen LogP) is 3.09. The van der Waals surface area contributed by atoms with E-state index >= 15 is 0 Å².